The molecule has 0 saturated carbocycles. The van der Waals surface area contributed by atoms with Crippen LogP contribution in [0.25, 0.3) is 6.08 Å². The summed E-state index contributed by atoms with van der Waals surface area (Å²) in [7, 11) is 1.05. The lowest BCUT2D eigenvalue weighted by atomic mass is 10.1. The van der Waals surface area contributed by atoms with Crippen molar-refractivity contribution in [3.05, 3.63) is 65.2 Å². The Morgan fingerprint density at radius 2 is 1.72 bits per heavy atom. The molecule has 0 aromatic heterocycles. The number of hydrogen-bond acceptors (Lipinski definition) is 4. The lowest BCUT2D eigenvalue weighted by molar-refractivity contribution is 0.104. The highest BCUT2D eigenvalue weighted by molar-refractivity contribution is 7.89. The van der Waals surface area contributed by atoms with Gasteiger partial charge in [-0.15, -0.1) is 0 Å². The Morgan fingerprint density at radius 1 is 1.08 bits per heavy atom. The van der Waals surface area contributed by atoms with Gasteiger partial charge in [0.25, 0.3) is 0 Å². The van der Waals surface area contributed by atoms with Crippen LogP contribution in [0.4, 0.5) is 0 Å². The van der Waals surface area contributed by atoms with E-state index in [1.807, 2.05) is 25.1 Å². The fourth-order valence-corrected chi connectivity index (χ4v) is 3.18. The maximum Gasteiger partial charge on any atom is 0.242 e. The maximum atomic E-state index is 12.2. The van der Waals surface area contributed by atoms with E-state index in [9.17, 15) is 13.2 Å². The largest absolute Gasteiger partial charge is 0.496 e. The molecule has 2 aromatic carbocycles. The zero-order chi connectivity index (χ0) is 18.6. The molecule has 132 valence electrons. The molecule has 2 aromatic rings. The molecule has 5 nitrogen and oxygen atoms in total. The van der Waals surface area contributed by atoms with Gasteiger partial charge >= 0.3 is 0 Å². The van der Waals surface area contributed by atoms with Crippen LogP contribution in [0.15, 0.2) is 53.4 Å². The molecule has 25 heavy (non-hydrogen) atoms. The zero-order valence-corrected chi connectivity index (χ0v) is 15.5. The van der Waals surface area contributed by atoms with Gasteiger partial charge in [0, 0.05) is 19.7 Å². The molecule has 0 atom stereocenters. The average Bonchev–Trinajstić information content (AvgIpc) is 2.59. The van der Waals surface area contributed by atoms with Crippen LogP contribution in [0.5, 0.6) is 5.75 Å². The van der Waals surface area contributed by atoms with E-state index in [-0.39, 0.29) is 10.7 Å². The van der Waals surface area contributed by atoms with Crippen molar-refractivity contribution in [3.8, 4) is 5.75 Å². The van der Waals surface area contributed by atoms with Crippen molar-refractivity contribution in [1.82, 2.24) is 4.31 Å². The normalized spacial score (nSPS) is 11.9. The summed E-state index contributed by atoms with van der Waals surface area (Å²) >= 11 is 0. The van der Waals surface area contributed by atoms with E-state index in [4.69, 9.17) is 4.74 Å². The second-order valence-corrected chi connectivity index (χ2v) is 7.89. The Morgan fingerprint density at radius 3 is 2.24 bits per heavy atom. The molecular formula is C19H21NO4S. The third-order valence-electron chi connectivity index (χ3n) is 3.76. The fraction of sp³-hybridized carbons (Fsp3) is 0.211. The number of benzene rings is 2. The molecule has 0 N–H and O–H groups in total. The second kappa shape index (κ2) is 7.63. The molecule has 0 aliphatic rings. The number of rotatable bonds is 6. The van der Waals surface area contributed by atoms with Gasteiger partial charge < -0.3 is 4.74 Å². The van der Waals surface area contributed by atoms with Crippen molar-refractivity contribution in [2.45, 2.75) is 11.8 Å². The predicted molar refractivity (Wildman–Crippen MR) is 98.4 cm³/mol. The van der Waals surface area contributed by atoms with Crippen LogP contribution in [-0.2, 0) is 10.0 Å². The van der Waals surface area contributed by atoms with Gasteiger partial charge in [0.15, 0.2) is 5.78 Å². The van der Waals surface area contributed by atoms with Gasteiger partial charge in [-0.2, -0.15) is 0 Å². The SMILES string of the molecule is COc1ccc(C=CC(=O)c2ccc(S(=O)(=O)N(C)C)cc2)cc1C. The van der Waals surface area contributed by atoms with E-state index in [1.165, 1.54) is 44.4 Å². The first-order valence-corrected chi connectivity index (χ1v) is 9.09. The highest BCUT2D eigenvalue weighted by atomic mass is 32.2. The van der Waals surface area contributed by atoms with Crippen molar-refractivity contribution < 1.29 is 17.9 Å². The second-order valence-electron chi connectivity index (χ2n) is 5.74. The predicted octanol–water partition coefficient (Wildman–Crippen LogP) is 3.15. The van der Waals surface area contributed by atoms with E-state index in [2.05, 4.69) is 0 Å². The molecule has 0 bridgehead atoms. The zero-order valence-electron chi connectivity index (χ0n) is 14.7. The Bertz CT molecular complexity index is 898. The number of allylic oxidation sites excluding steroid dienone is 1. The van der Waals surface area contributed by atoms with Crippen molar-refractivity contribution in [2.24, 2.45) is 0 Å². The third kappa shape index (κ3) is 4.35. The monoisotopic (exact) mass is 359 g/mol. The van der Waals surface area contributed by atoms with Gasteiger partial charge in [0.1, 0.15) is 5.75 Å². The molecule has 0 amide bonds. The topological polar surface area (TPSA) is 63.7 Å². The van der Waals surface area contributed by atoms with E-state index < -0.39 is 10.0 Å². The number of hydrogen-bond donors (Lipinski definition) is 0. The molecule has 0 aliphatic heterocycles. The van der Waals surface area contributed by atoms with E-state index in [0.717, 1.165) is 21.2 Å². The number of nitrogens with zero attached hydrogens (tertiary/aromatic N) is 1. The Kier molecular flexibility index (Phi) is 5.77. The minimum absolute atomic E-state index is 0.156. The van der Waals surface area contributed by atoms with Crippen LogP contribution in [-0.4, -0.2) is 39.7 Å². The molecule has 0 saturated heterocycles. The summed E-state index contributed by atoms with van der Waals surface area (Å²) in [6.45, 7) is 1.93. The first kappa shape index (κ1) is 18.9. The smallest absolute Gasteiger partial charge is 0.242 e. The Hall–Kier alpha value is -2.44. The number of ketones is 1. The maximum absolute atomic E-state index is 12.2. The molecule has 0 spiro atoms. The van der Waals surface area contributed by atoms with Crippen molar-refractivity contribution in [2.75, 3.05) is 21.2 Å². The van der Waals surface area contributed by atoms with Crippen LogP contribution >= 0.6 is 0 Å². The minimum Gasteiger partial charge on any atom is -0.496 e. The third-order valence-corrected chi connectivity index (χ3v) is 5.59. The number of carbonyl (C=O) groups excluding carboxylic acids is 1. The summed E-state index contributed by atoms with van der Waals surface area (Å²) in [5, 5.41) is 0. The first-order valence-electron chi connectivity index (χ1n) is 7.65. The number of carbonyl (C=O) groups is 1. The van der Waals surface area contributed by atoms with Crippen molar-refractivity contribution in [1.29, 1.82) is 0 Å². The molecule has 6 heteroatoms. The van der Waals surface area contributed by atoms with Crippen LogP contribution in [0.1, 0.15) is 21.5 Å². The van der Waals surface area contributed by atoms with Crippen LogP contribution in [0, 0.1) is 6.92 Å². The fourth-order valence-electron chi connectivity index (χ4n) is 2.28. The molecule has 0 fully saturated rings. The van der Waals surface area contributed by atoms with Crippen molar-refractivity contribution >= 4 is 21.9 Å². The quantitative estimate of drug-likeness (QED) is 0.587. The number of methoxy groups -OCH3 is 1. The minimum atomic E-state index is -3.49. The molecule has 2 rings (SSSR count). The number of ether oxygens (including phenoxy) is 1. The summed E-state index contributed by atoms with van der Waals surface area (Å²) in [4.78, 5) is 12.4. The lowest BCUT2D eigenvalue weighted by Gasteiger charge is -2.11. The molecule has 0 heterocycles. The molecular weight excluding hydrogens is 338 g/mol. The molecule has 0 radical (unpaired) electrons. The van der Waals surface area contributed by atoms with Gasteiger partial charge in [-0.1, -0.05) is 12.1 Å². The highest BCUT2D eigenvalue weighted by Crippen LogP contribution is 2.19. The summed E-state index contributed by atoms with van der Waals surface area (Å²) in [5.74, 6) is 0.600. The lowest BCUT2D eigenvalue weighted by Crippen LogP contribution is -2.22. The van der Waals surface area contributed by atoms with Gasteiger partial charge in [0.05, 0.1) is 12.0 Å². The van der Waals surface area contributed by atoms with Gasteiger partial charge in [-0.25, -0.2) is 12.7 Å². The summed E-state index contributed by atoms with van der Waals surface area (Å²) < 4.78 is 30.4. The standard InChI is InChI=1S/C19H21NO4S/c1-14-13-15(6-12-19(14)24-4)5-11-18(21)16-7-9-17(10-8-16)25(22,23)20(2)3/h5-13H,1-4H3. The Labute approximate surface area is 148 Å². The Balaban J connectivity index is 2.17. The molecule has 0 unspecified atom stereocenters. The van der Waals surface area contributed by atoms with Crippen molar-refractivity contribution in [3.63, 3.8) is 0 Å². The highest BCUT2D eigenvalue weighted by Gasteiger charge is 2.17. The summed E-state index contributed by atoms with van der Waals surface area (Å²) in [5.41, 5.74) is 2.30. The summed E-state index contributed by atoms with van der Waals surface area (Å²) in [6.07, 6.45) is 3.19. The van der Waals surface area contributed by atoms with Gasteiger partial charge in [0.2, 0.25) is 10.0 Å². The summed E-state index contributed by atoms with van der Waals surface area (Å²) in [6, 6.07) is 11.5. The van der Waals surface area contributed by atoms with Gasteiger partial charge in [-0.3, -0.25) is 4.79 Å². The number of sulfonamides is 1. The average molecular weight is 359 g/mol. The number of aryl methyl sites for hydroxylation is 1. The van der Waals surface area contributed by atoms with E-state index >= 15 is 0 Å². The van der Waals surface area contributed by atoms with Crippen LogP contribution in [0.2, 0.25) is 0 Å². The molecule has 0 aliphatic carbocycles. The van der Waals surface area contributed by atoms with E-state index in [0.29, 0.717) is 5.56 Å². The van der Waals surface area contributed by atoms with Crippen LogP contribution < -0.4 is 4.74 Å². The van der Waals surface area contributed by atoms with Gasteiger partial charge in [-0.05, 0) is 60.5 Å². The van der Waals surface area contributed by atoms with E-state index in [1.54, 1.807) is 13.2 Å². The van der Waals surface area contributed by atoms with Crippen LogP contribution in [0.3, 0.4) is 0 Å². The first-order chi connectivity index (χ1) is 11.8.